The first-order valence-electron chi connectivity index (χ1n) is 20.9. The lowest BCUT2D eigenvalue weighted by atomic mass is 9.95. The summed E-state index contributed by atoms with van der Waals surface area (Å²) >= 11 is 0. The van der Waals surface area contributed by atoms with Crippen molar-refractivity contribution in [3.8, 4) is 5.75 Å². The molecular formula is C43H64N4O5S2. The quantitative estimate of drug-likeness (QED) is 0.129. The molecule has 1 N–H and O–H groups in total. The Morgan fingerprint density at radius 2 is 1.43 bits per heavy atom. The summed E-state index contributed by atoms with van der Waals surface area (Å²) in [7, 11) is -5.15. The molecule has 1 aromatic heterocycles. The second kappa shape index (κ2) is 20.0. The molecule has 0 bridgehead atoms. The standard InChI is InChI=1S/C43H64N4O5S2/c1-3-4-5-6-7-8-9-10-11-12-30-52-37-15-18-39(19-16-37)54(50,51)42-32-44-41-20-17-38(53(2)49)31-40(41)43(42)46-28-23-34(24-29-46)45-26-21-35(22-27-45)47-25-13-14-36(48)33-47/h15-20,31-32,34-36,48H,3-14,21-30,33H2,1-2H3/t36-,53?/m0/s1. The smallest absolute Gasteiger partial charge is 0.210 e. The van der Waals surface area contributed by atoms with Gasteiger partial charge in [-0.25, -0.2) is 8.42 Å². The molecule has 298 valence electrons. The fraction of sp³-hybridized carbons (Fsp3) is 0.651. The van der Waals surface area contributed by atoms with Crippen molar-refractivity contribution in [2.24, 2.45) is 0 Å². The van der Waals surface area contributed by atoms with Gasteiger partial charge in [-0.05, 0) is 107 Å². The number of sulfone groups is 1. The SMILES string of the molecule is CCCCCCCCCCCCOc1ccc(S(=O)(=O)c2cnc3ccc(S(C)=O)cc3c2N2CCC(N3CCC(N4CCC[C@H](O)C4)CC3)CC2)cc1. The molecule has 3 aromatic rings. The lowest BCUT2D eigenvalue weighted by Gasteiger charge is -2.45. The minimum absolute atomic E-state index is 0.190. The molecule has 0 spiro atoms. The first kappa shape index (κ1) is 41.1. The van der Waals surface area contributed by atoms with Gasteiger partial charge in [0.1, 0.15) is 10.6 Å². The zero-order valence-corrected chi connectivity index (χ0v) is 34.4. The number of nitrogens with zero attached hydrogens (tertiary/aromatic N) is 4. The third-order valence-electron chi connectivity index (χ3n) is 12.0. The van der Waals surface area contributed by atoms with Crippen molar-refractivity contribution in [3.05, 3.63) is 48.7 Å². The fourth-order valence-corrected chi connectivity index (χ4v) is 10.8. The zero-order valence-electron chi connectivity index (χ0n) is 32.8. The highest BCUT2D eigenvalue weighted by molar-refractivity contribution is 7.91. The Morgan fingerprint density at radius 3 is 2.07 bits per heavy atom. The van der Waals surface area contributed by atoms with Gasteiger partial charge in [0.25, 0.3) is 0 Å². The lowest BCUT2D eigenvalue weighted by molar-refractivity contribution is 0.0170. The van der Waals surface area contributed by atoms with Crippen LogP contribution in [-0.2, 0) is 20.6 Å². The maximum absolute atomic E-state index is 14.4. The molecule has 9 nitrogen and oxygen atoms in total. The molecular weight excluding hydrogens is 717 g/mol. The topological polar surface area (TPSA) is 103 Å². The van der Waals surface area contributed by atoms with Crippen molar-refractivity contribution < 1.29 is 22.5 Å². The van der Waals surface area contributed by atoms with Crippen molar-refractivity contribution >= 4 is 37.2 Å². The molecule has 3 aliphatic rings. The maximum Gasteiger partial charge on any atom is 0.210 e. The number of rotatable bonds is 18. The van der Waals surface area contributed by atoms with Crippen LogP contribution in [0.5, 0.6) is 5.75 Å². The van der Waals surface area contributed by atoms with E-state index in [1.165, 1.54) is 57.6 Å². The Hall–Kier alpha value is -2.57. The fourth-order valence-electron chi connectivity index (χ4n) is 8.85. The first-order chi connectivity index (χ1) is 26.2. The maximum atomic E-state index is 14.4. The van der Waals surface area contributed by atoms with E-state index in [1.54, 1.807) is 30.5 Å². The molecule has 3 fully saturated rings. The van der Waals surface area contributed by atoms with Crippen molar-refractivity contribution in [1.29, 1.82) is 0 Å². The Kier molecular flexibility index (Phi) is 15.2. The van der Waals surface area contributed by atoms with Crippen LogP contribution in [0.3, 0.4) is 0 Å². The number of aromatic nitrogens is 1. The molecule has 3 aliphatic heterocycles. The van der Waals surface area contributed by atoms with Gasteiger partial charge in [-0.3, -0.25) is 14.1 Å². The van der Waals surface area contributed by atoms with E-state index in [1.807, 2.05) is 18.2 Å². The summed E-state index contributed by atoms with van der Waals surface area (Å²) in [4.78, 5) is 13.0. The Labute approximate surface area is 327 Å². The van der Waals surface area contributed by atoms with Crippen LogP contribution in [0, 0.1) is 0 Å². The average molecular weight is 781 g/mol. The van der Waals surface area contributed by atoms with E-state index in [0.29, 0.717) is 40.5 Å². The highest BCUT2D eigenvalue weighted by Gasteiger charge is 2.34. The molecule has 4 heterocycles. The highest BCUT2D eigenvalue weighted by Crippen LogP contribution is 2.39. The van der Waals surface area contributed by atoms with Gasteiger partial charge in [-0.1, -0.05) is 64.7 Å². The molecule has 1 unspecified atom stereocenters. The second-order valence-corrected chi connectivity index (χ2v) is 19.2. The summed E-state index contributed by atoms with van der Waals surface area (Å²) in [6, 6.07) is 13.4. The van der Waals surface area contributed by atoms with Crippen molar-refractivity contribution in [1.82, 2.24) is 14.8 Å². The number of piperidine rings is 3. The number of pyridine rings is 1. The number of likely N-dealkylation sites (tertiary alicyclic amines) is 2. The van der Waals surface area contributed by atoms with E-state index in [-0.39, 0.29) is 15.9 Å². The number of benzene rings is 2. The van der Waals surface area contributed by atoms with Crippen LogP contribution in [0.15, 0.2) is 63.3 Å². The highest BCUT2D eigenvalue weighted by atomic mass is 32.2. The average Bonchev–Trinajstić information content (AvgIpc) is 3.19. The molecule has 3 saturated heterocycles. The number of anilines is 1. The second-order valence-electron chi connectivity index (χ2n) is 15.9. The number of β-amino-alcohol motifs (C(OH)–C–C–N with tert-alkyl or cyclic N) is 1. The van der Waals surface area contributed by atoms with Crippen LogP contribution in [0.4, 0.5) is 5.69 Å². The Balaban J connectivity index is 1.09. The van der Waals surface area contributed by atoms with Crippen molar-refractivity contribution in [2.45, 2.75) is 143 Å². The van der Waals surface area contributed by atoms with Crippen LogP contribution < -0.4 is 9.64 Å². The number of aliphatic hydroxyl groups is 1. The van der Waals surface area contributed by atoms with E-state index >= 15 is 0 Å². The van der Waals surface area contributed by atoms with E-state index in [0.717, 1.165) is 96.0 Å². The monoisotopic (exact) mass is 780 g/mol. The van der Waals surface area contributed by atoms with Crippen LogP contribution in [0.25, 0.3) is 10.9 Å². The van der Waals surface area contributed by atoms with Gasteiger partial charge in [-0.2, -0.15) is 0 Å². The molecule has 0 amide bonds. The third-order valence-corrected chi connectivity index (χ3v) is 14.7. The zero-order chi connectivity index (χ0) is 37.9. The summed E-state index contributed by atoms with van der Waals surface area (Å²) in [5.74, 6) is 0.677. The van der Waals surface area contributed by atoms with Crippen molar-refractivity contribution in [2.75, 3.05) is 57.0 Å². The predicted molar refractivity (Wildman–Crippen MR) is 220 cm³/mol. The Morgan fingerprint density at radius 1 is 0.796 bits per heavy atom. The van der Waals surface area contributed by atoms with Crippen LogP contribution in [-0.4, -0.2) is 103 Å². The predicted octanol–water partition coefficient (Wildman–Crippen LogP) is 7.99. The minimum Gasteiger partial charge on any atom is -0.494 e. The molecule has 0 saturated carbocycles. The Bertz CT molecular complexity index is 1760. The summed E-state index contributed by atoms with van der Waals surface area (Å²) < 4.78 is 47.4. The van der Waals surface area contributed by atoms with Gasteiger partial charge in [0.05, 0.1) is 28.8 Å². The number of hydrogen-bond acceptors (Lipinski definition) is 9. The molecule has 2 aromatic carbocycles. The largest absolute Gasteiger partial charge is 0.494 e. The van der Waals surface area contributed by atoms with Crippen LogP contribution in [0.2, 0.25) is 0 Å². The van der Waals surface area contributed by atoms with Gasteiger partial charge in [0.2, 0.25) is 9.84 Å². The molecule has 6 rings (SSSR count). The lowest BCUT2D eigenvalue weighted by Crippen LogP contribution is -2.53. The summed E-state index contributed by atoms with van der Waals surface area (Å²) in [6.45, 7) is 8.36. The molecule has 0 aliphatic carbocycles. The van der Waals surface area contributed by atoms with E-state index in [4.69, 9.17) is 4.74 Å². The van der Waals surface area contributed by atoms with Crippen LogP contribution >= 0.6 is 0 Å². The summed E-state index contributed by atoms with van der Waals surface area (Å²) in [5.41, 5.74) is 1.36. The van der Waals surface area contributed by atoms with Crippen molar-refractivity contribution in [3.63, 3.8) is 0 Å². The first-order valence-corrected chi connectivity index (χ1v) is 23.9. The number of unbranched alkanes of at least 4 members (excludes halogenated alkanes) is 9. The minimum atomic E-state index is -3.93. The van der Waals surface area contributed by atoms with Crippen LogP contribution in [0.1, 0.15) is 110 Å². The summed E-state index contributed by atoms with van der Waals surface area (Å²) in [5, 5.41) is 10.9. The van der Waals surface area contributed by atoms with Gasteiger partial charge in [-0.15, -0.1) is 0 Å². The van der Waals surface area contributed by atoms with Gasteiger partial charge in [0, 0.05) is 65.3 Å². The number of aliphatic hydroxyl groups excluding tert-OH is 1. The van der Waals surface area contributed by atoms with Gasteiger partial charge in [0.15, 0.2) is 0 Å². The normalized spacial score (nSPS) is 20.4. The summed E-state index contributed by atoms with van der Waals surface area (Å²) in [6.07, 6.45) is 21.8. The molecule has 54 heavy (non-hydrogen) atoms. The third kappa shape index (κ3) is 10.6. The van der Waals surface area contributed by atoms with E-state index < -0.39 is 20.6 Å². The van der Waals surface area contributed by atoms with E-state index in [9.17, 15) is 17.7 Å². The van der Waals surface area contributed by atoms with E-state index in [2.05, 4.69) is 26.6 Å². The number of fused-ring (bicyclic) bond motifs is 1. The van der Waals surface area contributed by atoms with Gasteiger partial charge < -0.3 is 19.6 Å². The number of hydrogen-bond donors (Lipinski definition) is 1. The van der Waals surface area contributed by atoms with Gasteiger partial charge >= 0.3 is 0 Å². The molecule has 2 atom stereocenters. The molecule has 0 radical (unpaired) electrons. The molecule has 11 heteroatoms. The number of ether oxygens (including phenoxy) is 1.